The summed E-state index contributed by atoms with van der Waals surface area (Å²) in [5.74, 6) is -0.892. The Bertz CT molecular complexity index is 327. The zero-order chi connectivity index (χ0) is 9.84. The van der Waals surface area contributed by atoms with Crippen molar-refractivity contribution in [3.8, 4) is 5.75 Å². The molecule has 0 aliphatic heterocycles. The molecule has 0 atom stereocenters. The van der Waals surface area contributed by atoms with E-state index in [4.69, 9.17) is 21.8 Å². The first-order chi connectivity index (χ1) is 6.09. The lowest BCUT2D eigenvalue weighted by Crippen LogP contribution is -1.97. The molecule has 70 valence electrons. The maximum Gasteiger partial charge on any atom is 0.313 e. The van der Waals surface area contributed by atoms with Gasteiger partial charge in [0.1, 0.15) is 5.75 Å². The Morgan fingerprint density at radius 2 is 2.23 bits per heavy atom. The molecule has 0 spiro atoms. The number of phenols is 1. The van der Waals surface area contributed by atoms with Crippen molar-refractivity contribution in [1.29, 1.82) is 0 Å². The maximum absolute atomic E-state index is 10.2. The molecule has 0 aromatic heterocycles. The van der Waals surface area contributed by atoms with Crippen molar-refractivity contribution in [1.82, 2.24) is 0 Å². The molecule has 0 amide bonds. The van der Waals surface area contributed by atoms with Crippen LogP contribution in [0.2, 0.25) is 5.02 Å². The first kappa shape index (κ1) is 10.2. The van der Waals surface area contributed by atoms with E-state index < -0.39 is 5.97 Å². The molecule has 0 aliphatic rings. The highest BCUT2D eigenvalue weighted by Gasteiger charge is 2.02. The smallest absolute Gasteiger partial charge is 0.313 e. The van der Waals surface area contributed by atoms with Crippen LogP contribution in [0.5, 0.6) is 5.75 Å². The summed E-state index contributed by atoms with van der Waals surface area (Å²) in [4.78, 5) is 10.9. The van der Waals surface area contributed by atoms with Gasteiger partial charge >= 0.3 is 5.97 Å². The highest BCUT2D eigenvalue weighted by atomic mass is 35.5. The quantitative estimate of drug-likeness (QED) is 0.764. The van der Waals surface area contributed by atoms with Crippen LogP contribution in [0, 0.1) is 0 Å². The van der Waals surface area contributed by atoms with E-state index in [1.807, 2.05) is 0 Å². The second-order valence-corrected chi connectivity index (χ2v) is 3.75. The highest BCUT2D eigenvalue weighted by Crippen LogP contribution is 2.28. The number of halogens is 1. The summed E-state index contributed by atoms with van der Waals surface area (Å²) in [6, 6.07) is 4.59. The van der Waals surface area contributed by atoms with E-state index in [1.54, 1.807) is 6.07 Å². The fourth-order valence-corrected chi connectivity index (χ4v) is 1.62. The summed E-state index contributed by atoms with van der Waals surface area (Å²) in [5, 5.41) is 17.7. The molecule has 1 rings (SSSR count). The van der Waals surface area contributed by atoms with Crippen molar-refractivity contribution in [2.45, 2.75) is 4.90 Å². The van der Waals surface area contributed by atoms with Crippen molar-refractivity contribution >= 4 is 29.3 Å². The number of hydrogen-bond donors (Lipinski definition) is 2. The van der Waals surface area contributed by atoms with Gasteiger partial charge in [0.15, 0.2) is 0 Å². The van der Waals surface area contributed by atoms with Crippen molar-refractivity contribution in [2.24, 2.45) is 0 Å². The minimum atomic E-state index is -0.880. The van der Waals surface area contributed by atoms with Crippen molar-refractivity contribution in [3.05, 3.63) is 23.2 Å². The SMILES string of the molecule is O=C(O)CSc1ccc(O)c(Cl)c1. The van der Waals surface area contributed by atoms with Gasteiger partial charge in [0.25, 0.3) is 0 Å². The number of carbonyl (C=O) groups is 1. The zero-order valence-electron chi connectivity index (χ0n) is 6.53. The standard InChI is InChI=1S/C8H7ClO3S/c9-6-3-5(1-2-7(6)10)13-4-8(11)12/h1-3,10H,4H2,(H,11,12). The Morgan fingerprint density at radius 1 is 1.54 bits per heavy atom. The summed E-state index contributed by atoms with van der Waals surface area (Å²) >= 11 is 6.77. The Hall–Kier alpha value is -0.870. The molecular formula is C8H7ClO3S. The van der Waals surface area contributed by atoms with Gasteiger partial charge in [0.2, 0.25) is 0 Å². The van der Waals surface area contributed by atoms with E-state index in [0.717, 1.165) is 16.7 Å². The number of benzene rings is 1. The number of rotatable bonds is 3. The van der Waals surface area contributed by atoms with Crippen LogP contribution in [-0.4, -0.2) is 21.9 Å². The molecule has 0 saturated carbocycles. The first-order valence-electron chi connectivity index (χ1n) is 3.42. The normalized spacial score (nSPS) is 9.92. The van der Waals surface area contributed by atoms with Gasteiger partial charge in [0.05, 0.1) is 10.8 Å². The number of thioether (sulfide) groups is 1. The summed E-state index contributed by atoms with van der Waals surface area (Å²) in [6.45, 7) is 0. The van der Waals surface area contributed by atoms with Crippen LogP contribution in [0.4, 0.5) is 0 Å². The fourth-order valence-electron chi connectivity index (χ4n) is 0.722. The van der Waals surface area contributed by atoms with Crippen LogP contribution in [0.15, 0.2) is 23.1 Å². The van der Waals surface area contributed by atoms with Gasteiger partial charge in [-0.1, -0.05) is 11.6 Å². The number of carboxylic acid groups (broad SMARTS) is 1. The van der Waals surface area contributed by atoms with Crippen LogP contribution in [-0.2, 0) is 4.79 Å². The van der Waals surface area contributed by atoms with Crippen molar-refractivity contribution < 1.29 is 15.0 Å². The second kappa shape index (κ2) is 4.39. The minimum absolute atomic E-state index is 0.00124. The van der Waals surface area contributed by atoms with Crippen molar-refractivity contribution in [3.63, 3.8) is 0 Å². The van der Waals surface area contributed by atoms with Crippen molar-refractivity contribution in [2.75, 3.05) is 5.75 Å². The molecule has 0 aliphatic carbocycles. The lowest BCUT2D eigenvalue weighted by Gasteiger charge is -2.00. The average molecular weight is 219 g/mol. The van der Waals surface area contributed by atoms with Crippen LogP contribution < -0.4 is 0 Å². The predicted molar refractivity (Wildman–Crippen MR) is 51.5 cm³/mol. The minimum Gasteiger partial charge on any atom is -0.506 e. The molecule has 0 saturated heterocycles. The lowest BCUT2D eigenvalue weighted by atomic mass is 10.3. The van der Waals surface area contributed by atoms with E-state index >= 15 is 0 Å². The van der Waals surface area contributed by atoms with Crippen LogP contribution in [0.3, 0.4) is 0 Å². The van der Waals surface area contributed by atoms with Gasteiger partial charge in [-0.2, -0.15) is 0 Å². The number of hydrogen-bond acceptors (Lipinski definition) is 3. The third-order valence-corrected chi connectivity index (χ3v) is 2.56. The van der Waals surface area contributed by atoms with E-state index in [2.05, 4.69) is 0 Å². The van der Waals surface area contributed by atoms with Gasteiger partial charge in [-0.3, -0.25) is 4.79 Å². The molecule has 0 bridgehead atoms. The van der Waals surface area contributed by atoms with Gasteiger partial charge in [-0.15, -0.1) is 11.8 Å². The summed E-state index contributed by atoms with van der Waals surface area (Å²) < 4.78 is 0. The molecule has 0 unspecified atom stereocenters. The molecule has 5 heteroatoms. The zero-order valence-corrected chi connectivity index (χ0v) is 8.10. The molecular weight excluding hydrogens is 212 g/mol. The number of aliphatic carboxylic acids is 1. The Kier molecular flexibility index (Phi) is 3.45. The number of carboxylic acids is 1. The topological polar surface area (TPSA) is 57.5 Å². The van der Waals surface area contributed by atoms with Gasteiger partial charge in [0, 0.05) is 4.90 Å². The van der Waals surface area contributed by atoms with E-state index in [0.29, 0.717) is 0 Å². The number of phenolic OH excluding ortho intramolecular Hbond substituents is 1. The monoisotopic (exact) mass is 218 g/mol. The Morgan fingerprint density at radius 3 is 2.77 bits per heavy atom. The molecule has 3 nitrogen and oxygen atoms in total. The molecule has 0 radical (unpaired) electrons. The first-order valence-corrected chi connectivity index (χ1v) is 4.79. The average Bonchev–Trinajstić information content (AvgIpc) is 2.07. The fraction of sp³-hybridized carbons (Fsp3) is 0.125. The van der Waals surface area contributed by atoms with Crippen LogP contribution in [0.1, 0.15) is 0 Å². The Balaban J connectivity index is 2.68. The molecule has 0 fully saturated rings. The van der Waals surface area contributed by atoms with E-state index in [1.165, 1.54) is 12.1 Å². The van der Waals surface area contributed by atoms with Crippen LogP contribution >= 0.6 is 23.4 Å². The van der Waals surface area contributed by atoms with Gasteiger partial charge in [-0.05, 0) is 18.2 Å². The molecule has 1 aromatic carbocycles. The molecule has 2 N–H and O–H groups in total. The predicted octanol–water partition coefficient (Wildman–Crippen LogP) is 2.22. The highest BCUT2D eigenvalue weighted by molar-refractivity contribution is 8.00. The molecule has 0 heterocycles. The van der Waals surface area contributed by atoms with E-state index in [9.17, 15) is 4.79 Å². The van der Waals surface area contributed by atoms with Crippen LogP contribution in [0.25, 0.3) is 0 Å². The maximum atomic E-state index is 10.2. The third-order valence-electron chi connectivity index (χ3n) is 1.28. The summed E-state index contributed by atoms with van der Waals surface area (Å²) in [7, 11) is 0. The Labute approximate surface area is 84.3 Å². The largest absolute Gasteiger partial charge is 0.506 e. The lowest BCUT2D eigenvalue weighted by molar-refractivity contribution is -0.133. The van der Waals surface area contributed by atoms with Gasteiger partial charge in [-0.25, -0.2) is 0 Å². The summed E-state index contributed by atoms with van der Waals surface area (Å²) in [6.07, 6.45) is 0. The second-order valence-electron chi connectivity index (χ2n) is 2.30. The van der Waals surface area contributed by atoms with Gasteiger partial charge < -0.3 is 10.2 Å². The summed E-state index contributed by atoms with van der Waals surface area (Å²) in [5.41, 5.74) is 0. The molecule has 1 aromatic rings. The third kappa shape index (κ3) is 3.16. The van der Waals surface area contributed by atoms with E-state index in [-0.39, 0.29) is 16.5 Å². The number of aromatic hydroxyl groups is 1. The molecule has 13 heavy (non-hydrogen) atoms.